The second kappa shape index (κ2) is 6.73. The SMILES string of the molecule is Fc1ccc2[nH]cc(C3CCN(CCc4cccnc4)CC3)c2c1. The number of hydrogen-bond donors (Lipinski definition) is 1. The Balaban J connectivity index is 1.38. The summed E-state index contributed by atoms with van der Waals surface area (Å²) in [5.74, 6) is 0.368. The van der Waals surface area contributed by atoms with Crippen LogP contribution in [0.3, 0.4) is 0 Å². The first-order valence-corrected chi connectivity index (χ1v) is 8.67. The fourth-order valence-corrected chi connectivity index (χ4v) is 3.75. The van der Waals surface area contributed by atoms with Crippen molar-refractivity contribution in [2.24, 2.45) is 0 Å². The summed E-state index contributed by atoms with van der Waals surface area (Å²) in [6.07, 6.45) is 9.16. The molecule has 0 atom stereocenters. The average Bonchev–Trinajstić information content (AvgIpc) is 3.04. The van der Waals surface area contributed by atoms with E-state index in [-0.39, 0.29) is 5.82 Å². The number of piperidine rings is 1. The van der Waals surface area contributed by atoms with E-state index in [4.69, 9.17) is 0 Å². The van der Waals surface area contributed by atoms with Crippen molar-refractivity contribution < 1.29 is 4.39 Å². The van der Waals surface area contributed by atoms with Crippen molar-refractivity contribution in [2.75, 3.05) is 19.6 Å². The minimum absolute atomic E-state index is 0.155. The molecule has 0 bridgehead atoms. The number of H-pyrrole nitrogens is 1. The van der Waals surface area contributed by atoms with Crippen LogP contribution in [-0.4, -0.2) is 34.5 Å². The van der Waals surface area contributed by atoms with Crippen LogP contribution < -0.4 is 0 Å². The van der Waals surface area contributed by atoms with Gasteiger partial charge in [0, 0.05) is 36.0 Å². The lowest BCUT2D eigenvalue weighted by atomic mass is 9.89. The van der Waals surface area contributed by atoms with Gasteiger partial charge in [-0.25, -0.2) is 4.39 Å². The first kappa shape index (κ1) is 15.3. The fourth-order valence-electron chi connectivity index (χ4n) is 3.75. The van der Waals surface area contributed by atoms with Crippen molar-refractivity contribution >= 4 is 10.9 Å². The van der Waals surface area contributed by atoms with E-state index in [1.165, 1.54) is 17.2 Å². The van der Waals surface area contributed by atoms with Crippen LogP contribution in [0.1, 0.15) is 29.9 Å². The molecule has 3 heterocycles. The minimum atomic E-state index is -0.155. The molecule has 3 nitrogen and oxygen atoms in total. The van der Waals surface area contributed by atoms with Gasteiger partial charge in [0.15, 0.2) is 0 Å². The van der Waals surface area contributed by atoms with E-state index in [0.717, 1.165) is 49.8 Å². The van der Waals surface area contributed by atoms with E-state index in [9.17, 15) is 4.39 Å². The molecule has 0 unspecified atom stereocenters. The number of rotatable bonds is 4. The van der Waals surface area contributed by atoms with Crippen molar-refractivity contribution in [3.8, 4) is 0 Å². The summed E-state index contributed by atoms with van der Waals surface area (Å²) in [6, 6.07) is 9.15. The van der Waals surface area contributed by atoms with Gasteiger partial charge in [-0.1, -0.05) is 6.07 Å². The topological polar surface area (TPSA) is 31.9 Å². The third-order valence-corrected chi connectivity index (χ3v) is 5.14. The number of pyridine rings is 1. The Kier molecular flexibility index (Phi) is 4.30. The smallest absolute Gasteiger partial charge is 0.123 e. The van der Waals surface area contributed by atoms with Crippen molar-refractivity contribution in [2.45, 2.75) is 25.2 Å². The monoisotopic (exact) mass is 323 g/mol. The highest BCUT2D eigenvalue weighted by molar-refractivity contribution is 5.83. The van der Waals surface area contributed by atoms with Crippen LogP contribution in [0.15, 0.2) is 48.9 Å². The lowest BCUT2D eigenvalue weighted by molar-refractivity contribution is 0.215. The first-order chi connectivity index (χ1) is 11.8. The summed E-state index contributed by atoms with van der Waals surface area (Å²) in [7, 11) is 0. The molecule has 0 saturated carbocycles. The van der Waals surface area contributed by atoms with Gasteiger partial charge in [0.05, 0.1) is 0 Å². The molecule has 2 aromatic heterocycles. The molecule has 24 heavy (non-hydrogen) atoms. The molecular weight excluding hydrogens is 301 g/mol. The summed E-state index contributed by atoms with van der Waals surface area (Å²) < 4.78 is 13.6. The number of benzene rings is 1. The molecule has 1 aliphatic heterocycles. The molecule has 124 valence electrons. The number of nitrogens with zero attached hydrogens (tertiary/aromatic N) is 2. The number of hydrogen-bond acceptors (Lipinski definition) is 2. The second-order valence-corrected chi connectivity index (χ2v) is 6.66. The van der Waals surface area contributed by atoms with Crippen LogP contribution in [0.5, 0.6) is 0 Å². The van der Waals surface area contributed by atoms with Crippen LogP contribution in [0.4, 0.5) is 4.39 Å². The number of fused-ring (bicyclic) bond motifs is 1. The van der Waals surface area contributed by atoms with Gasteiger partial charge in [-0.3, -0.25) is 4.98 Å². The number of halogens is 1. The van der Waals surface area contributed by atoms with E-state index in [1.807, 2.05) is 24.5 Å². The minimum Gasteiger partial charge on any atom is -0.361 e. The molecule has 1 aromatic carbocycles. The summed E-state index contributed by atoms with van der Waals surface area (Å²) in [4.78, 5) is 9.99. The summed E-state index contributed by atoms with van der Waals surface area (Å²) in [5, 5.41) is 1.05. The number of aromatic nitrogens is 2. The third-order valence-electron chi connectivity index (χ3n) is 5.14. The van der Waals surface area contributed by atoms with E-state index >= 15 is 0 Å². The number of aromatic amines is 1. The van der Waals surface area contributed by atoms with Crippen molar-refractivity contribution in [3.63, 3.8) is 0 Å². The van der Waals surface area contributed by atoms with Crippen LogP contribution in [0.25, 0.3) is 10.9 Å². The van der Waals surface area contributed by atoms with Crippen molar-refractivity contribution in [1.29, 1.82) is 0 Å². The summed E-state index contributed by atoms with van der Waals surface area (Å²) in [6.45, 7) is 3.29. The molecule has 1 fully saturated rings. The fraction of sp³-hybridized carbons (Fsp3) is 0.350. The first-order valence-electron chi connectivity index (χ1n) is 8.67. The number of likely N-dealkylation sites (tertiary alicyclic amines) is 1. The van der Waals surface area contributed by atoms with Gasteiger partial charge in [-0.2, -0.15) is 0 Å². The lowest BCUT2D eigenvalue weighted by Crippen LogP contribution is -2.34. The van der Waals surface area contributed by atoms with Gasteiger partial charge in [-0.05, 0) is 73.7 Å². The molecule has 0 radical (unpaired) electrons. The van der Waals surface area contributed by atoms with Crippen LogP contribution in [-0.2, 0) is 6.42 Å². The molecule has 0 aliphatic carbocycles. The molecule has 4 heteroatoms. The predicted molar refractivity (Wildman–Crippen MR) is 94.6 cm³/mol. The number of nitrogens with one attached hydrogen (secondary N) is 1. The molecule has 4 rings (SSSR count). The lowest BCUT2D eigenvalue weighted by Gasteiger charge is -2.32. The van der Waals surface area contributed by atoms with E-state index in [0.29, 0.717) is 5.92 Å². The molecule has 1 aliphatic rings. The Labute approximate surface area is 141 Å². The Morgan fingerprint density at radius 3 is 2.88 bits per heavy atom. The van der Waals surface area contributed by atoms with E-state index in [1.54, 1.807) is 6.07 Å². The normalized spacial score (nSPS) is 16.7. The zero-order valence-corrected chi connectivity index (χ0v) is 13.7. The highest BCUT2D eigenvalue weighted by Crippen LogP contribution is 2.33. The molecule has 0 spiro atoms. The largest absolute Gasteiger partial charge is 0.361 e. The molecular formula is C20H22FN3. The van der Waals surface area contributed by atoms with Gasteiger partial charge < -0.3 is 9.88 Å². The maximum Gasteiger partial charge on any atom is 0.123 e. The Morgan fingerprint density at radius 1 is 1.21 bits per heavy atom. The standard InChI is InChI=1S/C20H22FN3/c21-17-3-4-20-18(12-17)19(14-23-20)16-6-10-24(11-7-16)9-5-15-2-1-8-22-13-15/h1-4,8,12-14,16,23H,5-7,9-11H2. The average molecular weight is 323 g/mol. The predicted octanol–water partition coefficient (Wildman–Crippen LogP) is 4.12. The second-order valence-electron chi connectivity index (χ2n) is 6.66. The van der Waals surface area contributed by atoms with Gasteiger partial charge in [0.25, 0.3) is 0 Å². The highest BCUT2D eigenvalue weighted by Gasteiger charge is 2.22. The summed E-state index contributed by atoms with van der Waals surface area (Å²) >= 11 is 0. The third kappa shape index (κ3) is 3.20. The van der Waals surface area contributed by atoms with Crippen LogP contribution in [0, 0.1) is 5.82 Å². The van der Waals surface area contributed by atoms with Gasteiger partial charge in [-0.15, -0.1) is 0 Å². The van der Waals surface area contributed by atoms with Crippen LogP contribution in [0.2, 0.25) is 0 Å². The molecule has 1 N–H and O–H groups in total. The van der Waals surface area contributed by atoms with E-state index < -0.39 is 0 Å². The van der Waals surface area contributed by atoms with Crippen LogP contribution >= 0.6 is 0 Å². The zero-order chi connectivity index (χ0) is 16.4. The Hall–Kier alpha value is -2.20. The van der Waals surface area contributed by atoms with Crippen molar-refractivity contribution in [1.82, 2.24) is 14.9 Å². The van der Waals surface area contributed by atoms with Gasteiger partial charge in [0.2, 0.25) is 0 Å². The maximum absolute atomic E-state index is 13.6. The maximum atomic E-state index is 13.6. The van der Waals surface area contributed by atoms with Gasteiger partial charge in [0.1, 0.15) is 5.82 Å². The van der Waals surface area contributed by atoms with Gasteiger partial charge >= 0.3 is 0 Å². The Morgan fingerprint density at radius 2 is 2.08 bits per heavy atom. The Bertz CT molecular complexity index is 804. The molecule has 1 saturated heterocycles. The van der Waals surface area contributed by atoms with Crippen molar-refractivity contribution in [3.05, 3.63) is 65.9 Å². The van der Waals surface area contributed by atoms with E-state index in [2.05, 4.69) is 27.1 Å². The summed E-state index contributed by atoms with van der Waals surface area (Å²) in [5.41, 5.74) is 3.61. The molecule has 0 amide bonds. The zero-order valence-electron chi connectivity index (χ0n) is 13.7. The quantitative estimate of drug-likeness (QED) is 0.783. The molecule has 3 aromatic rings. The highest BCUT2D eigenvalue weighted by atomic mass is 19.1.